The molecule has 0 radical (unpaired) electrons. The molecule has 0 fully saturated rings. The fourth-order valence-corrected chi connectivity index (χ4v) is 4.27. The molecule has 0 spiro atoms. The lowest BCUT2D eigenvalue weighted by molar-refractivity contribution is -0.124. The fraction of sp³-hybridized carbons (Fsp3) is 0.280. The van der Waals surface area contributed by atoms with Crippen LogP contribution in [0.2, 0.25) is 0 Å². The van der Waals surface area contributed by atoms with Crippen LogP contribution in [0.5, 0.6) is 0 Å². The van der Waals surface area contributed by atoms with Gasteiger partial charge in [-0.15, -0.1) is 24.8 Å². The Kier molecular flexibility index (Phi) is 11.2. The number of oxime groups is 1. The highest BCUT2D eigenvalue weighted by molar-refractivity contribution is 5.85. The van der Waals surface area contributed by atoms with Crippen molar-refractivity contribution in [2.24, 2.45) is 16.6 Å². The third-order valence-electron chi connectivity index (χ3n) is 5.90. The molecule has 1 atom stereocenters. The SMILES string of the molecule is Cl.Cl.NC(N)=NOCCNC(=O)[C@@H]1CCc2cnc(NCC(c3ccccc3)c3ccccc3)c(=O)n21. The summed E-state index contributed by atoms with van der Waals surface area (Å²) in [6, 6.07) is 19.6. The molecule has 0 unspecified atom stereocenters. The van der Waals surface area contributed by atoms with Gasteiger partial charge in [0.05, 0.1) is 6.54 Å². The highest BCUT2D eigenvalue weighted by Gasteiger charge is 2.30. The number of halogens is 2. The first-order chi connectivity index (χ1) is 17.0. The first-order valence-corrected chi connectivity index (χ1v) is 11.5. The summed E-state index contributed by atoms with van der Waals surface area (Å²) in [7, 11) is 0. The smallest absolute Gasteiger partial charge is 0.294 e. The molecule has 1 aliphatic rings. The monoisotopic (exact) mass is 547 g/mol. The summed E-state index contributed by atoms with van der Waals surface area (Å²) in [6.07, 6.45) is 2.79. The van der Waals surface area contributed by atoms with Gasteiger partial charge in [0.2, 0.25) is 11.9 Å². The molecule has 2 aromatic carbocycles. The Morgan fingerprint density at radius 2 is 1.70 bits per heavy atom. The van der Waals surface area contributed by atoms with Crippen molar-refractivity contribution in [3.63, 3.8) is 0 Å². The summed E-state index contributed by atoms with van der Waals surface area (Å²) in [5.41, 5.74) is 13.1. The molecule has 6 N–H and O–H groups in total. The second-order valence-corrected chi connectivity index (χ2v) is 8.22. The maximum atomic E-state index is 13.3. The predicted octanol–water partition coefficient (Wildman–Crippen LogP) is 2.14. The lowest BCUT2D eigenvalue weighted by Crippen LogP contribution is -2.38. The molecule has 0 saturated heterocycles. The normalized spacial score (nSPS) is 13.5. The standard InChI is InChI=1S/C25H29N7O3.2ClH/c26-25(27)31-35-14-13-28-23(33)21-12-11-19-15-29-22(24(34)32(19)21)30-16-20(17-7-3-1-4-8-17)18-9-5-2-6-10-18;;/h1-10,15,20-21H,11-14,16H2,(H,28,33)(H,29,30)(H4,26,27,31);2*1H/t21-;;/m0../s1. The van der Waals surface area contributed by atoms with E-state index in [1.54, 1.807) is 6.20 Å². The van der Waals surface area contributed by atoms with Crippen LogP contribution in [0.25, 0.3) is 0 Å². The van der Waals surface area contributed by atoms with Crippen LogP contribution in [0, 0.1) is 0 Å². The van der Waals surface area contributed by atoms with Crippen LogP contribution in [-0.2, 0) is 16.1 Å². The van der Waals surface area contributed by atoms with Gasteiger partial charge in [0.25, 0.3) is 5.56 Å². The van der Waals surface area contributed by atoms with Crippen molar-refractivity contribution in [2.45, 2.75) is 24.8 Å². The van der Waals surface area contributed by atoms with Crippen molar-refractivity contribution in [3.05, 3.63) is 94.0 Å². The Balaban J connectivity index is 0.00000241. The van der Waals surface area contributed by atoms with Gasteiger partial charge in [0.15, 0.2) is 5.82 Å². The van der Waals surface area contributed by atoms with Crippen molar-refractivity contribution in [1.82, 2.24) is 14.9 Å². The number of aromatic nitrogens is 2. The van der Waals surface area contributed by atoms with Crippen LogP contribution in [0.4, 0.5) is 5.82 Å². The molecule has 1 amide bonds. The number of anilines is 1. The number of nitrogens with two attached hydrogens (primary N) is 2. The minimum Gasteiger partial charge on any atom is -0.391 e. The van der Waals surface area contributed by atoms with Crippen molar-refractivity contribution < 1.29 is 9.63 Å². The predicted molar refractivity (Wildman–Crippen MR) is 148 cm³/mol. The van der Waals surface area contributed by atoms with Gasteiger partial charge in [0.1, 0.15) is 12.6 Å². The average molecular weight is 548 g/mol. The summed E-state index contributed by atoms with van der Waals surface area (Å²) < 4.78 is 1.53. The Labute approximate surface area is 227 Å². The van der Waals surface area contributed by atoms with Crippen molar-refractivity contribution in [2.75, 3.05) is 25.0 Å². The van der Waals surface area contributed by atoms with Gasteiger partial charge < -0.3 is 26.9 Å². The highest BCUT2D eigenvalue weighted by Crippen LogP contribution is 2.26. The Morgan fingerprint density at radius 3 is 2.30 bits per heavy atom. The molecule has 3 aromatic rings. The van der Waals surface area contributed by atoms with Crippen LogP contribution >= 0.6 is 24.8 Å². The number of carbonyl (C=O) groups excluding carboxylic acids is 1. The average Bonchev–Trinajstić information content (AvgIpc) is 3.31. The van der Waals surface area contributed by atoms with E-state index in [1.807, 2.05) is 36.4 Å². The summed E-state index contributed by atoms with van der Waals surface area (Å²) in [4.78, 5) is 35.3. The van der Waals surface area contributed by atoms with Crippen molar-refractivity contribution >= 4 is 42.5 Å². The number of carbonyl (C=O) groups is 1. The molecular weight excluding hydrogens is 517 g/mol. The first kappa shape index (κ1) is 29.5. The lowest BCUT2D eigenvalue weighted by atomic mass is 9.91. The lowest BCUT2D eigenvalue weighted by Gasteiger charge is -2.20. The van der Waals surface area contributed by atoms with Crippen LogP contribution < -0.4 is 27.7 Å². The topological polar surface area (TPSA) is 150 Å². The second-order valence-electron chi connectivity index (χ2n) is 8.22. The third kappa shape index (κ3) is 7.37. The van der Waals surface area contributed by atoms with Gasteiger partial charge in [-0.3, -0.25) is 14.2 Å². The van der Waals surface area contributed by atoms with Crippen molar-refractivity contribution in [1.29, 1.82) is 0 Å². The van der Waals surface area contributed by atoms with Crippen LogP contribution in [0.1, 0.15) is 35.2 Å². The van der Waals surface area contributed by atoms with E-state index >= 15 is 0 Å². The number of aryl methyl sites for hydroxylation is 1. The minimum absolute atomic E-state index is 0. The Hall–Kier alpha value is -3.76. The van der Waals surface area contributed by atoms with E-state index in [4.69, 9.17) is 16.3 Å². The molecule has 4 rings (SSSR count). The van der Waals surface area contributed by atoms with Gasteiger partial charge in [-0.1, -0.05) is 60.7 Å². The Morgan fingerprint density at radius 1 is 1.08 bits per heavy atom. The summed E-state index contributed by atoms with van der Waals surface area (Å²) in [6.45, 7) is 0.804. The van der Waals surface area contributed by atoms with Gasteiger partial charge in [0, 0.05) is 24.4 Å². The minimum atomic E-state index is -0.608. The molecule has 1 aliphatic heterocycles. The highest BCUT2D eigenvalue weighted by atomic mass is 35.5. The number of hydrogen-bond acceptors (Lipinski definition) is 6. The summed E-state index contributed by atoms with van der Waals surface area (Å²) >= 11 is 0. The number of amides is 1. The number of nitrogens with one attached hydrogen (secondary N) is 2. The third-order valence-corrected chi connectivity index (χ3v) is 5.90. The van der Waals surface area contributed by atoms with E-state index in [1.165, 1.54) is 4.57 Å². The zero-order valence-corrected chi connectivity index (χ0v) is 21.7. The summed E-state index contributed by atoms with van der Waals surface area (Å²) in [5, 5.41) is 9.41. The number of hydrogen-bond donors (Lipinski definition) is 4. The molecule has 0 bridgehead atoms. The van der Waals surface area contributed by atoms with E-state index in [9.17, 15) is 9.59 Å². The van der Waals surface area contributed by atoms with E-state index in [2.05, 4.69) is 45.0 Å². The quantitative estimate of drug-likeness (QED) is 0.131. The molecule has 12 heteroatoms. The van der Waals surface area contributed by atoms with E-state index in [0.29, 0.717) is 19.4 Å². The maximum absolute atomic E-state index is 13.3. The second kappa shape index (κ2) is 14.1. The van der Waals surface area contributed by atoms with Crippen LogP contribution in [0.3, 0.4) is 0 Å². The van der Waals surface area contributed by atoms with Gasteiger partial charge >= 0.3 is 0 Å². The number of benzene rings is 2. The van der Waals surface area contributed by atoms with E-state index in [-0.39, 0.29) is 67.1 Å². The maximum Gasteiger partial charge on any atom is 0.294 e. The fourth-order valence-electron chi connectivity index (χ4n) is 4.27. The van der Waals surface area contributed by atoms with Crippen molar-refractivity contribution in [3.8, 4) is 0 Å². The van der Waals surface area contributed by atoms with Gasteiger partial charge in [-0.2, -0.15) is 0 Å². The molecule has 198 valence electrons. The number of nitrogens with zero attached hydrogens (tertiary/aromatic N) is 3. The van der Waals surface area contributed by atoms with Gasteiger partial charge in [-0.05, 0) is 29.1 Å². The first-order valence-electron chi connectivity index (χ1n) is 11.5. The molecular formula is C25H31Cl2N7O3. The van der Waals surface area contributed by atoms with Gasteiger partial charge in [-0.25, -0.2) is 4.98 Å². The zero-order chi connectivity index (χ0) is 24.6. The van der Waals surface area contributed by atoms with Crippen LogP contribution in [-0.4, -0.2) is 41.1 Å². The number of fused-ring (bicyclic) bond motifs is 1. The van der Waals surface area contributed by atoms with E-state index < -0.39 is 6.04 Å². The molecule has 1 aromatic heterocycles. The molecule has 0 saturated carbocycles. The number of rotatable bonds is 10. The largest absolute Gasteiger partial charge is 0.391 e. The molecule has 2 heterocycles. The zero-order valence-electron chi connectivity index (χ0n) is 20.1. The van der Waals surface area contributed by atoms with Crippen LogP contribution in [0.15, 0.2) is 76.8 Å². The van der Waals surface area contributed by atoms with E-state index in [0.717, 1.165) is 16.8 Å². The molecule has 37 heavy (non-hydrogen) atoms. The number of guanidine groups is 1. The Bertz CT molecular complexity index is 1200. The molecule has 10 nitrogen and oxygen atoms in total. The molecule has 0 aliphatic carbocycles. The summed E-state index contributed by atoms with van der Waals surface area (Å²) in [5.74, 6) is -0.202.